The van der Waals surface area contributed by atoms with E-state index >= 15 is 0 Å². The molecule has 2 aromatic rings. The highest BCUT2D eigenvalue weighted by atomic mass is 79.9. The Labute approximate surface area is 173 Å². The lowest BCUT2D eigenvalue weighted by Crippen LogP contribution is -2.34. The van der Waals surface area contributed by atoms with E-state index in [0.717, 1.165) is 21.3 Å². The second-order valence-corrected chi connectivity index (χ2v) is 7.62. The number of benzene rings is 2. The van der Waals surface area contributed by atoms with Crippen molar-refractivity contribution < 1.29 is 9.59 Å². The van der Waals surface area contributed by atoms with Crippen LogP contribution in [-0.4, -0.2) is 35.9 Å². The lowest BCUT2D eigenvalue weighted by Gasteiger charge is -2.12. The first kappa shape index (κ1) is 21.1. The van der Waals surface area contributed by atoms with Crippen molar-refractivity contribution in [3.63, 3.8) is 0 Å². The number of aryl methyl sites for hydroxylation is 2. The van der Waals surface area contributed by atoms with E-state index in [1.165, 1.54) is 0 Å². The summed E-state index contributed by atoms with van der Waals surface area (Å²) in [5.74, 6) is -0.171. The highest BCUT2D eigenvalue weighted by molar-refractivity contribution is 9.10. The number of hydrogen-bond donors (Lipinski definition) is 2. The molecule has 0 unspecified atom stereocenters. The van der Waals surface area contributed by atoms with Crippen LogP contribution in [0.15, 0.2) is 46.9 Å². The van der Waals surface area contributed by atoms with Gasteiger partial charge in [-0.1, -0.05) is 34.1 Å². The third-order valence-corrected chi connectivity index (χ3v) is 5.06. The van der Waals surface area contributed by atoms with Gasteiger partial charge in [0.2, 0.25) is 5.91 Å². The van der Waals surface area contributed by atoms with Gasteiger partial charge in [-0.15, -0.1) is 0 Å². The zero-order valence-electron chi connectivity index (χ0n) is 15.5. The molecule has 5 nitrogen and oxygen atoms in total. The maximum Gasteiger partial charge on any atom is 0.257 e. The number of carbonyl (C=O) groups excluding carboxylic acids is 2. The lowest BCUT2D eigenvalue weighted by atomic mass is 10.1. The van der Waals surface area contributed by atoms with Crippen LogP contribution >= 0.6 is 28.1 Å². The van der Waals surface area contributed by atoms with Crippen LogP contribution in [0.3, 0.4) is 0 Å². The molecule has 0 aliphatic heterocycles. The number of rotatable bonds is 5. The fraction of sp³-hybridized carbons (Fsp3) is 0.250. The molecule has 0 atom stereocenters. The number of carbonyl (C=O) groups is 2. The Morgan fingerprint density at radius 1 is 1.11 bits per heavy atom. The van der Waals surface area contributed by atoms with E-state index in [2.05, 4.69) is 26.6 Å². The second kappa shape index (κ2) is 9.62. The van der Waals surface area contributed by atoms with E-state index in [-0.39, 0.29) is 16.9 Å². The van der Waals surface area contributed by atoms with Crippen LogP contribution in [0.5, 0.6) is 0 Å². The minimum Gasteiger partial charge on any atom is -0.349 e. The second-order valence-electron chi connectivity index (χ2n) is 6.36. The predicted molar refractivity (Wildman–Crippen MR) is 116 cm³/mol. The fourth-order valence-corrected chi connectivity index (χ4v) is 2.89. The Morgan fingerprint density at radius 3 is 2.37 bits per heavy atom. The minimum atomic E-state index is -0.271. The van der Waals surface area contributed by atoms with Gasteiger partial charge in [-0.2, -0.15) is 0 Å². The van der Waals surface area contributed by atoms with E-state index in [1.807, 2.05) is 37.3 Å². The highest BCUT2D eigenvalue weighted by Crippen LogP contribution is 2.17. The Hall–Kier alpha value is -2.25. The van der Waals surface area contributed by atoms with Crippen molar-refractivity contribution in [1.82, 2.24) is 10.2 Å². The van der Waals surface area contributed by atoms with Crippen LogP contribution in [0.1, 0.15) is 27.9 Å². The van der Waals surface area contributed by atoms with Gasteiger partial charge in [0, 0.05) is 36.2 Å². The first-order valence-electron chi connectivity index (χ1n) is 8.44. The first-order valence-corrected chi connectivity index (χ1v) is 9.64. The number of nitrogens with one attached hydrogen (secondary N) is 2. The lowest BCUT2D eigenvalue weighted by molar-refractivity contribution is -0.128. The van der Waals surface area contributed by atoms with E-state index < -0.39 is 0 Å². The van der Waals surface area contributed by atoms with Gasteiger partial charge >= 0.3 is 0 Å². The molecule has 0 radical (unpaired) electrons. The number of halogens is 1. The molecule has 142 valence electrons. The molecule has 0 fully saturated rings. The number of anilines is 1. The summed E-state index contributed by atoms with van der Waals surface area (Å²) in [7, 11) is 3.50. The van der Waals surface area contributed by atoms with Gasteiger partial charge in [0.25, 0.3) is 5.91 Å². The van der Waals surface area contributed by atoms with Crippen molar-refractivity contribution in [1.29, 1.82) is 0 Å². The summed E-state index contributed by atoms with van der Waals surface area (Å²) in [5, 5.41) is 5.89. The molecule has 0 bridgehead atoms. The van der Waals surface area contributed by atoms with Gasteiger partial charge in [-0.3, -0.25) is 14.9 Å². The molecule has 2 amide bonds. The van der Waals surface area contributed by atoms with Crippen LogP contribution in [0.25, 0.3) is 0 Å². The monoisotopic (exact) mass is 447 g/mol. The molecule has 0 aromatic heterocycles. The normalized spacial score (nSPS) is 10.2. The van der Waals surface area contributed by atoms with Crippen molar-refractivity contribution in [2.24, 2.45) is 0 Å². The van der Waals surface area contributed by atoms with E-state index in [0.29, 0.717) is 18.4 Å². The SMILES string of the molecule is Cc1ccc(C(=O)NC(=S)Nc2ccc(CCC(=O)N(C)C)cc2)cc1Br. The van der Waals surface area contributed by atoms with Gasteiger partial charge in [-0.05, 0) is 61.0 Å². The summed E-state index contributed by atoms with van der Waals surface area (Å²) in [6.45, 7) is 1.96. The van der Waals surface area contributed by atoms with Gasteiger partial charge < -0.3 is 10.2 Å². The molecule has 0 spiro atoms. The summed E-state index contributed by atoms with van der Waals surface area (Å²) in [4.78, 5) is 25.5. The summed E-state index contributed by atoms with van der Waals surface area (Å²) in [5.41, 5.74) is 3.42. The Bertz CT molecular complexity index is 851. The predicted octanol–water partition coefficient (Wildman–Crippen LogP) is 3.91. The summed E-state index contributed by atoms with van der Waals surface area (Å²) in [6.07, 6.45) is 1.15. The molecule has 0 saturated heterocycles. The molecule has 2 N–H and O–H groups in total. The average molecular weight is 448 g/mol. The number of nitrogens with zero attached hydrogens (tertiary/aromatic N) is 1. The summed E-state index contributed by atoms with van der Waals surface area (Å²) >= 11 is 8.63. The van der Waals surface area contributed by atoms with Gasteiger partial charge in [-0.25, -0.2) is 0 Å². The molecule has 2 aromatic carbocycles. The third-order valence-electron chi connectivity index (χ3n) is 4.00. The molecular weight excluding hydrogens is 426 g/mol. The quantitative estimate of drug-likeness (QED) is 0.682. The van der Waals surface area contributed by atoms with Crippen LogP contribution in [0.2, 0.25) is 0 Å². The fourth-order valence-electron chi connectivity index (χ4n) is 2.30. The maximum absolute atomic E-state index is 12.3. The van der Waals surface area contributed by atoms with Crippen LogP contribution in [0.4, 0.5) is 5.69 Å². The van der Waals surface area contributed by atoms with E-state index in [4.69, 9.17) is 12.2 Å². The smallest absolute Gasteiger partial charge is 0.257 e. The van der Waals surface area contributed by atoms with Crippen molar-refractivity contribution >= 4 is 50.8 Å². The largest absolute Gasteiger partial charge is 0.349 e. The molecule has 0 saturated carbocycles. The molecule has 7 heteroatoms. The summed E-state index contributed by atoms with van der Waals surface area (Å²) in [6, 6.07) is 13.0. The first-order chi connectivity index (χ1) is 12.8. The molecule has 0 heterocycles. The van der Waals surface area contributed by atoms with Gasteiger partial charge in [0.1, 0.15) is 0 Å². The minimum absolute atomic E-state index is 0.101. The Kier molecular flexibility index (Phi) is 7.50. The summed E-state index contributed by atoms with van der Waals surface area (Å²) < 4.78 is 0.873. The van der Waals surface area contributed by atoms with E-state index in [9.17, 15) is 9.59 Å². The number of hydrogen-bond acceptors (Lipinski definition) is 3. The molecule has 0 aliphatic rings. The average Bonchev–Trinajstić information content (AvgIpc) is 2.62. The zero-order valence-corrected chi connectivity index (χ0v) is 17.9. The topological polar surface area (TPSA) is 61.4 Å². The highest BCUT2D eigenvalue weighted by Gasteiger charge is 2.10. The third kappa shape index (κ3) is 6.45. The standard InChI is InChI=1S/C20H22BrN3O2S/c1-13-4-8-15(12-17(13)21)19(26)23-20(27)22-16-9-5-14(6-10-16)7-11-18(25)24(2)3/h4-6,8-10,12H,7,11H2,1-3H3,(H2,22,23,26,27). The molecule has 27 heavy (non-hydrogen) atoms. The Balaban J connectivity index is 1.89. The van der Waals surface area contributed by atoms with Crippen molar-refractivity contribution in [2.45, 2.75) is 19.8 Å². The number of amides is 2. The molecule has 2 rings (SSSR count). The van der Waals surface area contributed by atoms with E-state index in [1.54, 1.807) is 31.1 Å². The van der Waals surface area contributed by atoms with Gasteiger partial charge in [0.15, 0.2) is 5.11 Å². The van der Waals surface area contributed by atoms with Gasteiger partial charge in [0.05, 0.1) is 0 Å². The van der Waals surface area contributed by atoms with Crippen molar-refractivity contribution in [3.05, 3.63) is 63.6 Å². The zero-order chi connectivity index (χ0) is 20.0. The van der Waals surface area contributed by atoms with Crippen LogP contribution in [-0.2, 0) is 11.2 Å². The molecule has 0 aliphatic carbocycles. The Morgan fingerprint density at radius 2 is 1.78 bits per heavy atom. The van der Waals surface area contributed by atoms with Crippen LogP contribution < -0.4 is 10.6 Å². The van der Waals surface area contributed by atoms with Crippen LogP contribution in [0, 0.1) is 6.92 Å². The van der Waals surface area contributed by atoms with Crippen molar-refractivity contribution in [3.8, 4) is 0 Å². The maximum atomic E-state index is 12.3. The number of thiocarbonyl (C=S) groups is 1. The van der Waals surface area contributed by atoms with Crippen molar-refractivity contribution in [2.75, 3.05) is 19.4 Å². The molecular formula is C20H22BrN3O2S.